The fourth-order valence-electron chi connectivity index (χ4n) is 4.71. The molecule has 0 heterocycles. The van der Waals surface area contributed by atoms with Gasteiger partial charge >= 0.3 is 12.1 Å². The van der Waals surface area contributed by atoms with E-state index in [9.17, 15) is 27.9 Å². The van der Waals surface area contributed by atoms with Gasteiger partial charge in [0.25, 0.3) is 0 Å². The first-order chi connectivity index (χ1) is 16.0. The van der Waals surface area contributed by atoms with E-state index in [0.717, 1.165) is 32.6 Å². The van der Waals surface area contributed by atoms with Crippen molar-refractivity contribution in [1.29, 1.82) is 0 Å². The molecule has 0 aromatic heterocycles. The first-order valence-corrected chi connectivity index (χ1v) is 11.9. The van der Waals surface area contributed by atoms with Crippen molar-refractivity contribution in [3.8, 4) is 0 Å². The van der Waals surface area contributed by atoms with Crippen LogP contribution in [0.4, 0.5) is 18.9 Å². The van der Waals surface area contributed by atoms with E-state index in [2.05, 4.69) is 5.32 Å². The van der Waals surface area contributed by atoms with Crippen LogP contribution in [0.1, 0.15) is 62.0 Å². The highest BCUT2D eigenvalue weighted by Crippen LogP contribution is 2.42. The van der Waals surface area contributed by atoms with Crippen LogP contribution in [0.15, 0.2) is 42.5 Å². The number of rotatable bonds is 8. The highest BCUT2D eigenvalue weighted by atomic mass is 35.5. The molecule has 9 heteroatoms. The number of anilines is 1. The summed E-state index contributed by atoms with van der Waals surface area (Å²) >= 11 is 12.2. The van der Waals surface area contributed by atoms with E-state index in [4.69, 9.17) is 23.2 Å². The molecule has 0 aliphatic heterocycles. The Balaban J connectivity index is 1.93. The third-order valence-corrected chi connectivity index (χ3v) is 7.15. The summed E-state index contributed by atoms with van der Waals surface area (Å²) in [4.78, 5) is 24.7. The third-order valence-electron chi connectivity index (χ3n) is 6.57. The Morgan fingerprint density at radius 1 is 1.06 bits per heavy atom. The van der Waals surface area contributed by atoms with Crippen molar-refractivity contribution in [2.75, 3.05) is 5.32 Å². The topological polar surface area (TPSA) is 66.4 Å². The van der Waals surface area contributed by atoms with Crippen LogP contribution in [-0.2, 0) is 9.59 Å². The minimum Gasteiger partial charge on any atom is -0.481 e. The molecule has 0 radical (unpaired) electrons. The highest BCUT2D eigenvalue weighted by molar-refractivity contribution is 6.33. The number of carboxylic acids is 1. The van der Waals surface area contributed by atoms with E-state index in [1.165, 1.54) is 24.3 Å². The van der Waals surface area contributed by atoms with Crippen molar-refractivity contribution in [1.82, 2.24) is 0 Å². The maximum atomic E-state index is 13.6. The van der Waals surface area contributed by atoms with Gasteiger partial charge in [-0.25, -0.2) is 0 Å². The van der Waals surface area contributed by atoms with E-state index in [0.29, 0.717) is 10.6 Å². The van der Waals surface area contributed by atoms with Gasteiger partial charge in [-0.15, -0.1) is 0 Å². The van der Waals surface area contributed by atoms with Crippen LogP contribution >= 0.6 is 23.2 Å². The van der Waals surface area contributed by atoms with Gasteiger partial charge in [0.05, 0.1) is 29.0 Å². The Labute approximate surface area is 206 Å². The zero-order valence-corrected chi connectivity index (χ0v) is 20.1. The fraction of sp³-hybridized carbons (Fsp3) is 0.440. The lowest BCUT2D eigenvalue weighted by molar-refractivity contribution is -0.178. The van der Waals surface area contributed by atoms with Gasteiger partial charge in [-0.3, -0.25) is 9.59 Å². The van der Waals surface area contributed by atoms with Crippen molar-refractivity contribution in [3.63, 3.8) is 0 Å². The first kappa shape index (κ1) is 26.4. The number of hydrogen-bond acceptors (Lipinski definition) is 2. The Hall–Kier alpha value is -2.25. The van der Waals surface area contributed by atoms with E-state index in [1.807, 2.05) is 0 Å². The lowest BCUT2D eigenvalue weighted by Gasteiger charge is -2.27. The van der Waals surface area contributed by atoms with Crippen LogP contribution in [0, 0.1) is 11.8 Å². The molecule has 2 aromatic carbocycles. The second kappa shape index (κ2) is 11.0. The smallest absolute Gasteiger partial charge is 0.392 e. The maximum absolute atomic E-state index is 13.6. The largest absolute Gasteiger partial charge is 0.481 e. The van der Waals surface area contributed by atoms with Gasteiger partial charge in [0, 0.05) is 5.02 Å². The number of benzene rings is 2. The number of alkyl halides is 3. The molecular formula is C25H26Cl2F3NO3. The van der Waals surface area contributed by atoms with Gasteiger partial charge in [-0.2, -0.15) is 13.2 Å². The summed E-state index contributed by atoms with van der Waals surface area (Å²) in [6.07, 6.45) is -0.819. The Kier molecular flexibility index (Phi) is 8.52. The van der Waals surface area contributed by atoms with Crippen LogP contribution in [0.2, 0.25) is 10.0 Å². The van der Waals surface area contributed by atoms with E-state index in [-0.39, 0.29) is 34.5 Å². The quantitative estimate of drug-likeness (QED) is 0.379. The van der Waals surface area contributed by atoms with Crippen molar-refractivity contribution < 1.29 is 27.9 Å². The number of hydrogen-bond donors (Lipinski definition) is 2. The summed E-state index contributed by atoms with van der Waals surface area (Å²) in [5, 5.41) is 12.5. The van der Waals surface area contributed by atoms with Crippen LogP contribution in [0.3, 0.4) is 0 Å². The highest BCUT2D eigenvalue weighted by Gasteiger charge is 2.45. The lowest BCUT2D eigenvalue weighted by Crippen LogP contribution is -2.34. The molecule has 1 amide bonds. The van der Waals surface area contributed by atoms with Gasteiger partial charge in [0.2, 0.25) is 5.91 Å². The molecule has 0 unspecified atom stereocenters. The van der Waals surface area contributed by atoms with Crippen molar-refractivity contribution in [2.45, 2.75) is 57.0 Å². The molecule has 1 fully saturated rings. The standard InChI is InChI=1S/C25H26Cl2F3NO3/c1-14(25(28,29)30)23(16-6-9-18(26)10-7-16)24(34)31-21-12-17(8-11-20(21)27)19(13-22(32)33)15-4-2-3-5-15/h6-12,14-15,19,23H,2-5,13H2,1H3,(H,31,34)(H,32,33)/t14-,19+,23+/m1/s1. The predicted octanol–water partition coefficient (Wildman–Crippen LogP) is 7.66. The van der Waals surface area contributed by atoms with Gasteiger partial charge in [0.1, 0.15) is 0 Å². The zero-order valence-electron chi connectivity index (χ0n) is 18.5. The zero-order chi connectivity index (χ0) is 25.0. The van der Waals surface area contributed by atoms with Crippen LogP contribution in [0.5, 0.6) is 0 Å². The molecule has 0 spiro atoms. The number of carbonyl (C=O) groups excluding carboxylic acids is 1. The Bertz CT molecular complexity index is 1020. The summed E-state index contributed by atoms with van der Waals surface area (Å²) in [5.74, 6) is -5.36. The number of amides is 1. The second-order valence-electron chi connectivity index (χ2n) is 8.84. The number of carbonyl (C=O) groups is 2. The molecule has 4 nitrogen and oxygen atoms in total. The summed E-state index contributed by atoms with van der Waals surface area (Å²) in [7, 11) is 0. The summed E-state index contributed by atoms with van der Waals surface area (Å²) in [6, 6.07) is 10.5. The third kappa shape index (κ3) is 6.45. The maximum Gasteiger partial charge on any atom is 0.392 e. The van der Waals surface area contributed by atoms with Gasteiger partial charge in [-0.1, -0.05) is 61.2 Å². The molecule has 0 saturated heterocycles. The Morgan fingerprint density at radius 2 is 1.65 bits per heavy atom. The summed E-state index contributed by atoms with van der Waals surface area (Å²) < 4.78 is 40.9. The molecule has 1 aliphatic rings. The number of halogens is 5. The number of carboxylic acid groups (broad SMARTS) is 1. The normalized spacial score (nSPS) is 17.2. The van der Waals surface area contributed by atoms with Gasteiger partial charge in [0.15, 0.2) is 0 Å². The Morgan fingerprint density at radius 3 is 2.21 bits per heavy atom. The lowest BCUT2D eigenvalue weighted by atomic mass is 9.82. The molecule has 2 N–H and O–H groups in total. The monoisotopic (exact) mass is 515 g/mol. The van der Waals surface area contributed by atoms with Crippen molar-refractivity contribution >= 4 is 40.8 Å². The van der Waals surface area contributed by atoms with E-state index >= 15 is 0 Å². The molecule has 34 heavy (non-hydrogen) atoms. The minimum absolute atomic E-state index is 0.0712. The molecule has 1 saturated carbocycles. The SMILES string of the molecule is C[C@H]([C@H](C(=O)Nc1cc([C@@H](CC(=O)O)C2CCCC2)ccc1Cl)c1ccc(Cl)cc1)C(F)(F)F. The summed E-state index contributed by atoms with van der Waals surface area (Å²) in [6.45, 7) is 0.958. The fourth-order valence-corrected chi connectivity index (χ4v) is 5.00. The van der Waals surface area contributed by atoms with Crippen molar-refractivity contribution in [3.05, 3.63) is 63.6 Å². The number of aliphatic carboxylic acids is 1. The van der Waals surface area contributed by atoms with Crippen LogP contribution in [-0.4, -0.2) is 23.2 Å². The second-order valence-corrected chi connectivity index (χ2v) is 9.68. The molecule has 184 valence electrons. The molecule has 3 atom stereocenters. The molecule has 0 bridgehead atoms. The average molecular weight is 516 g/mol. The average Bonchev–Trinajstić information content (AvgIpc) is 3.29. The number of nitrogens with one attached hydrogen (secondary N) is 1. The summed E-state index contributed by atoms with van der Waals surface area (Å²) in [5.41, 5.74) is 1.03. The van der Waals surface area contributed by atoms with Gasteiger partial charge < -0.3 is 10.4 Å². The molecular weight excluding hydrogens is 490 g/mol. The van der Waals surface area contributed by atoms with Crippen LogP contribution < -0.4 is 5.32 Å². The van der Waals surface area contributed by atoms with Crippen LogP contribution in [0.25, 0.3) is 0 Å². The minimum atomic E-state index is -4.61. The van der Waals surface area contributed by atoms with Crippen molar-refractivity contribution in [2.24, 2.45) is 11.8 Å². The van der Waals surface area contributed by atoms with Gasteiger partial charge in [-0.05, 0) is 60.1 Å². The first-order valence-electron chi connectivity index (χ1n) is 11.1. The molecule has 1 aliphatic carbocycles. The molecule has 2 aromatic rings. The van der Waals surface area contributed by atoms with E-state index in [1.54, 1.807) is 18.2 Å². The van der Waals surface area contributed by atoms with E-state index < -0.39 is 29.9 Å². The predicted molar refractivity (Wildman–Crippen MR) is 126 cm³/mol. The molecule has 3 rings (SSSR count).